The number of aromatic amines is 1. The molecule has 23 heavy (non-hydrogen) atoms. The quantitative estimate of drug-likeness (QED) is 0.819. The van der Waals surface area contributed by atoms with Gasteiger partial charge in [-0.2, -0.15) is 0 Å². The van der Waals surface area contributed by atoms with E-state index in [4.69, 9.17) is 4.74 Å². The highest BCUT2D eigenvalue weighted by atomic mass is 16.5. The van der Waals surface area contributed by atoms with Crippen LogP contribution in [0.5, 0.6) is 0 Å². The van der Waals surface area contributed by atoms with Gasteiger partial charge in [0.1, 0.15) is 6.04 Å². The Labute approximate surface area is 134 Å². The van der Waals surface area contributed by atoms with Crippen molar-refractivity contribution in [2.45, 2.75) is 25.9 Å². The standard InChI is InChI=1S/C17H21N3O3/c1-2-23-16(21)9-15-17(22)18-7-8-20(15)11-12-10-19-14-6-4-3-5-13(12)14/h3-6,10,15,19H,2,7-9,11H2,1H3,(H,18,22)/t15-/m1/s1. The zero-order valence-corrected chi connectivity index (χ0v) is 13.2. The zero-order chi connectivity index (χ0) is 16.2. The second-order valence-corrected chi connectivity index (χ2v) is 5.65. The van der Waals surface area contributed by atoms with Crippen LogP contribution in [0.1, 0.15) is 18.9 Å². The van der Waals surface area contributed by atoms with Crippen LogP contribution in [-0.2, 0) is 20.9 Å². The first-order valence-electron chi connectivity index (χ1n) is 7.91. The Morgan fingerprint density at radius 3 is 3.04 bits per heavy atom. The SMILES string of the molecule is CCOC(=O)C[C@@H]1C(=O)NCCN1Cc1c[nH]c2ccccc12. The van der Waals surface area contributed by atoms with E-state index in [1.807, 2.05) is 29.3 Å². The summed E-state index contributed by atoms with van der Waals surface area (Å²) in [5.41, 5.74) is 2.20. The van der Waals surface area contributed by atoms with Gasteiger partial charge < -0.3 is 15.0 Å². The maximum absolute atomic E-state index is 12.2. The van der Waals surface area contributed by atoms with Crippen LogP contribution < -0.4 is 5.32 Å². The van der Waals surface area contributed by atoms with Crippen LogP contribution in [0.4, 0.5) is 0 Å². The van der Waals surface area contributed by atoms with Gasteiger partial charge in [-0.1, -0.05) is 18.2 Å². The van der Waals surface area contributed by atoms with Gasteiger partial charge in [-0.25, -0.2) is 0 Å². The van der Waals surface area contributed by atoms with E-state index in [1.165, 1.54) is 0 Å². The van der Waals surface area contributed by atoms with E-state index in [-0.39, 0.29) is 18.3 Å². The Morgan fingerprint density at radius 1 is 1.39 bits per heavy atom. The maximum atomic E-state index is 12.2. The highest BCUT2D eigenvalue weighted by Gasteiger charge is 2.32. The number of hydrogen-bond donors (Lipinski definition) is 2. The lowest BCUT2D eigenvalue weighted by Crippen LogP contribution is -2.55. The maximum Gasteiger partial charge on any atom is 0.307 e. The highest BCUT2D eigenvalue weighted by molar-refractivity contribution is 5.87. The molecule has 0 aliphatic carbocycles. The van der Waals surface area contributed by atoms with E-state index in [9.17, 15) is 9.59 Å². The molecule has 6 heteroatoms. The Hall–Kier alpha value is -2.34. The molecule has 1 fully saturated rings. The van der Waals surface area contributed by atoms with Gasteiger partial charge in [-0.15, -0.1) is 0 Å². The predicted molar refractivity (Wildman–Crippen MR) is 86.8 cm³/mol. The Balaban J connectivity index is 1.78. The number of H-pyrrole nitrogens is 1. The number of nitrogens with zero attached hydrogens (tertiary/aromatic N) is 1. The van der Waals surface area contributed by atoms with Gasteiger partial charge in [0.05, 0.1) is 13.0 Å². The molecule has 0 saturated carbocycles. The van der Waals surface area contributed by atoms with Crippen LogP contribution in [0, 0.1) is 0 Å². The number of hydrogen-bond acceptors (Lipinski definition) is 4. The van der Waals surface area contributed by atoms with Gasteiger partial charge in [0.15, 0.2) is 0 Å². The summed E-state index contributed by atoms with van der Waals surface area (Å²) in [6.45, 7) is 4.04. The molecule has 6 nitrogen and oxygen atoms in total. The molecule has 0 bridgehead atoms. The molecule has 1 aliphatic rings. The van der Waals surface area contributed by atoms with E-state index >= 15 is 0 Å². The fourth-order valence-electron chi connectivity index (χ4n) is 3.03. The zero-order valence-electron chi connectivity index (χ0n) is 13.2. The molecule has 122 valence electrons. The molecule has 1 atom stereocenters. The van der Waals surface area contributed by atoms with E-state index in [2.05, 4.69) is 16.4 Å². The first kappa shape index (κ1) is 15.6. The largest absolute Gasteiger partial charge is 0.466 e. The van der Waals surface area contributed by atoms with Crippen molar-refractivity contribution in [3.05, 3.63) is 36.0 Å². The minimum atomic E-state index is -0.475. The third-order valence-electron chi connectivity index (χ3n) is 4.16. The first-order valence-corrected chi connectivity index (χ1v) is 7.91. The van der Waals surface area contributed by atoms with Gasteiger partial charge in [0.25, 0.3) is 0 Å². The Bertz CT molecular complexity index is 710. The number of aromatic nitrogens is 1. The first-order chi connectivity index (χ1) is 11.2. The number of para-hydroxylation sites is 1. The molecule has 2 aromatic rings. The van der Waals surface area contributed by atoms with Crippen molar-refractivity contribution in [3.8, 4) is 0 Å². The lowest BCUT2D eigenvalue weighted by Gasteiger charge is -2.34. The monoisotopic (exact) mass is 315 g/mol. The molecule has 2 heterocycles. The van der Waals surface area contributed by atoms with Crippen molar-refractivity contribution in [2.24, 2.45) is 0 Å². The number of esters is 1. The molecule has 1 aromatic heterocycles. The third kappa shape index (κ3) is 3.37. The summed E-state index contributed by atoms with van der Waals surface area (Å²) >= 11 is 0. The van der Waals surface area contributed by atoms with Gasteiger partial charge in [0.2, 0.25) is 5.91 Å². The van der Waals surface area contributed by atoms with Gasteiger partial charge in [-0.3, -0.25) is 14.5 Å². The number of carbonyl (C=O) groups is 2. The van der Waals surface area contributed by atoms with Crippen molar-refractivity contribution in [2.75, 3.05) is 19.7 Å². The molecule has 3 rings (SSSR count). The number of fused-ring (bicyclic) bond motifs is 1. The van der Waals surface area contributed by atoms with Crippen molar-refractivity contribution in [1.82, 2.24) is 15.2 Å². The predicted octanol–water partition coefficient (Wildman–Crippen LogP) is 1.42. The second-order valence-electron chi connectivity index (χ2n) is 5.65. The summed E-state index contributed by atoms with van der Waals surface area (Å²) in [5, 5.41) is 3.98. The number of piperazine rings is 1. The fraction of sp³-hybridized carbons (Fsp3) is 0.412. The van der Waals surface area contributed by atoms with Crippen molar-refractivity contribution < 1.29 is 14.3 Å². The molecule has 2 N–H and O–H groups in total. The van der Waals surface area contributed by atoms with Gasteiger partial charge in [0, 0.05) is 36.7 Å². The molecule has 0 unspecified atom stereocenters. The summed E-state index contributed by atoms with van der Waals surface area (Å²) in [6.07, 6.45) is 2.06. The summed E-state index contributed by atoms with van der Waals surface area (Å²) in [4.78, 5) is 29.2. The Morgan fingerprint density at radius 2 is 2.22 bits per heavy atom. The fourth-order valence-corrected chi connectivity index (χ4v) is 3.03. The lowest BCUT2D eigenvalue weighted by molar-refractivity contribution is -0.148. The number of ether oxygens (including phenoxy) is 1. The lowest BCUT2D eigenvalue weighted by atomic mass is 10.1. The highest BCUT2D eigenvalue weighted by Crippen LogP contribution is 2.21. The van der Waals surface area contributed by atoms with Gasteiger partial charge in [-0.05, 0) is 18.6 Å². The summed E-state index contributed by atoms with van der Waals surface area (Å²) in [6, 6.07) is 7.60. The summed E-state index contributed by atoms with van der Waals surface area (Å²) < 4.78 is 4.99. The number of benzene rings is 1. The van der Waals surface area contributed by atoms with Crippen LogP contribution in [0.15, 0.2) is 30.5 Å². The number of nitrogens with one attached hydrogen (secondary N) is 2. The van der Waals surface area contributed by atoms with Crippen LogP contribution in [0.25, 0.3) is 10.9 Å². The normalized spacial score (nSPS) is 18.8. The average Bonchev–Trinajstić information content (AvgIpc) is 2.94. The van der Waals surface area contributed by atoms with Crippen LogP contribution >= 0.6 is 0 Å². The topological polar surface area (TPSA) is 74.4 Å². The number of rotatable bonds is 5. The van der Waals surface area contributed by atoms with Crippen molar-refractivity contribution in [1.29, 1.82) is 0 Å². The van der Waals surface area contributed by atoms with Crippen molar-refractivity contribution in [3.63, 3.8) is 0 Å². The molecule has 1 amide bonds. The van der Waals surface area contributed by atoms with Gasteiger partial charge >= 0.3 is 5.97 Å². The third-order valence-corrected chi connectivity index (χ3v) is 4.16. The summed E-state index contributed by atoms with van der Waals surface area (Å²) in [7, 11) is 0. The Kier molecular flexibility index (Phi) is 4.62. The molecule has 1 aliphatic heterocycles. The average molecular weight is 315 g/mol. The van der Waals surface area contributed by atoms with Crippen LogP contribution in [-0.4, -0.2) is 47.5 Å². The molecule has 0 spiro atoms. The molecule has 1 aromatic carbocycles. The summed E-state index contributed by atoms with van der Waals surface area (Å²) in [5.74, 6) is -0.442. The van der Waals surface area contributed by atoms with Crippen LogP contribution in [0.3, 0.4) is 0 Å². The number of amides is 1. The second kappa shape index (κ2) is 6.83. The minimum Gasteiger partial charge on any atom is -0.466 e. The van der Waals surface area contributed by atoms with E-state index in [0.29, 0.717) is 19.7 Å². The minimum absolute atomic E-state index is 0.0853. The smallest absolute Gasteiger partial charge is 0.307 e. The molecular weight excluding hydrogens is 294 g/mol. The van der Waals surface area contributed by atoms with Crippen LogP contribution in [0.2, 0.25) is 0 Å². The van der Waals surface area contributed by atoms with Crippen molar-refractivity contribution >= 4 is 22.8 Å². The van der Waals surface area contributed by atoms with E-state index in [1.54, 1.807) is 6.92 Å². The number of carbonyl (C=O) groups excluding carboxylic acids is 2. The molecule has 1 saturated heterocycles. The molecular formula is C17H21N3O3. The van der Waals surface area contributed by atoms with E-state index in [0.717, 1.165) is 23.0 Å². The van der Waals surface area contributed by atoms with E-state index < -0.39 is 6.04 Å². The molecule has 0 radical (unpaired) electrons.